The Morgan fingerprint density at radius 1 is 1.25 bits per heavy atom. The average molecular weight is 224 g/mol. The first-order chi connectivity index (χ1) is 7.88. The second kappa shape index (κ2) is 8.77. The van der Waals surface area contributed by atoms with Crippen molar-refractivity contribution in [3.05, 3.63) is 11.6 Å². The van der Waals surface area contributed by atoms with E-state index in [9.17, 15) is 0 Å². The minimum absolute atomic E-state index is 0.440. The van der Waals surface area contributed by atoms with Gasteiger partial charge in [0.15, 0.2) is 0 Å². The fourth-order valence-corrected chi connectivity index (χ4v) is 2.51. The predicted molar refractivity (Wildman–Crippen MR) is 71.0 cm³/mol. The SMILES string of the molecule is CCCCCCC(NN)C1=CCCCCC1. The summed E-state index contributed by atoms with van der Waals surface area (Å²) in [5, 5.41) is 0. The van der Waals surface area contributed by atoms with Crippen LogP contribution in [0.1, 0.15) is 71.1 Å². The number of unbranched alkanes of at least 4 members (excludes halogenated alkanes) is 3. The fraction of sp³-hybridized carbons (Fsp3) is 0.857. The molecule has 0 aromatic heterocycles. The molecular weight excluding hydrogens is 196 g/mol. The van der Waals surface area contributed by atoms with Gasteiger partial charge in [-0.15, -0.1) is 0 Å². The van der Waals surface area contributed by atoms with Crippen LogP contribution in [0.4, 0.5) is 0 Å². The van der Waals surface area contributed by atoms with Gasteiger partial charge in [-0.3, -0.25) is 11.3 Å². The maximum atomic E-state index is 5.68. The van der Waals surface area contributed by atoms with E-state index in [-0.39, 0.29) is 0 Å². The lowest BCUT2D eigenvalue weighted by molar-refractivity contribution is 0.498. The third kappa shape index (κ3) is 5.13. The van der Waals surface area contributed by atoms with Crippen molar-refractivity contribution in [2.75, 3.05) is 0 Å². The van der Waals surface area contributed by atoms with E-state index < -0.39 is 0 Å². The molecular formula is C14H28N2. The molecule has 16 heavy (non-hydrogen) atoms. The number of hydrogen-bond acceptors (Lipinski definition) is 2. The van der Waals surface area contributed by atoms with Crippen molar-refractivity contribution in [2.45, 2.75) is 77.2 Å². The highest BCUT2D eigenvalue weighted by atomic mass is 15.2. The Morgan fingerprint density at radius 3 is 2.88 bits per heavy atom. The molecule has 1 aliphatic rings. The molecule has 94 valence electrons. The summed E-state index contributed by atoms with van der Waals surface area (Å²) in [6.07, 6.45) is 15.6. The number of nitrogens with one attached hydrogen (secondary N) is 1. The number of nitrogens with two attached hydrogens (primary N) is 1. The Hall–Kier alpha value is -0.340. The first-order valence-electron chi connectivity index (χ1n) is 7.03. The normalized spacial score (nSPS) is 19.0. The largest absolute Gasteiger partial charge is 0.271 e. The molecule has 3 N–H and O–H groups in total. The van der Waals surface area contributed by atoms with Crippen LogP contribution in [0.25, 0.3) is 0 Å². The van der Waals surface area contributed by atoms with E-state index in [0.717, 1.165) is 0 Å². The van der Waals surface area contributed by atoms with Gasteiger partial charge < -0.3 is 0 Å². The molecule has 0 fully saturated rings. The number of hydrazine groups is 1. The van der Waals surface area contributed by atoms with E-state index in [2.05, 4.69) is 18.4 Å². The summed E-state index contributed by atoms with van der Waals surface area (Å²) in [7, 11) is 0. The minimum atomic E-state index is 0.440. The summed E-state index contributed by atoms with van der Waals surface area (Å²) in [5.74, 6) is 5.68. The van der Waals surface area contributed by atoms with Gasteiger partial charge in [-0.2, -0.15) is 0 Å². The van der Waals surface area contributed by atoms with Gasteiger partial charge in [0.05, 0.1) is 0 Å². The van der Waals surface area contributed by atoms with Crippen LogP contribution >= 0.6 is 0 Å². The highest BCUT2D eigenvalue weighted by Gasteiger charge is 2.13. The van der Waals surface area contributed by atoms with E-state index in [1.165, 1.54) is 64.2 Å². The summed E-state index contributed by atoms with van der Waals surface area (Å²) in [6.45, 7) is 2.26. The van der Waals surface area contributed by atoms with Crippen LogP contribution in [0.2, 0.25) is 0 Å². The molecule has 0 bridgehead atoms. The van der Waals surface area contributed by atoms with Crippen molar-refractivity contribution in [3.8, 4) is 0 Å². The minimum Gasteiger partial charge on any atom is -0.271 e. The van der Waals surface area contributed by atoms with E-state index in [1.807, 2.05) is 0 Å². The number of rotatable bonds is 7. The Bertz CT molecular complexity index is 199. The van der Waals surface area contributed by atoms with Crippen LogP contribution in [0.5, 0.6) is 0 Å². The summed E-state index contributed by atoms with van der Waals surface area (Å²) in [4.78, 5) is 0. The lowest BCUT2D eigenvalue weighted by Crippen LogP contribution is -2.36. The van der Waals surface area contributed by atoms with E-state index in [1.54, 1.807) is 5.57 Å². The molecule has 1 aliphatic carbocycles. The van der Waals surface area contributed by atoms with E-state index in [0.29, 0.717) is 6.04 Å². The van der Waals surface area contributed by atoms with Gasteiger partial charge in [-0.1, -0.05) is 50.7 Å². The van der Waals surface area contributed by atoms with Crippen molar-refractivity contribution in [2.24, 2.45) is 5.84 Å². The molecule has 0 spiro atoms. The summed E-state index contributed by atoms with van der Waals surface area (Å²) < 4.78 is 0. The van der Waals surface area contributed by atoms with Crippen molar-refractivity contribution >= 4 is 0 Å². The van der Waals surface area contributed by atoms with Crippen LogP contribution in [0, 0.1) is 0 Å². The Balaban J connectivity index is 2.30. The molecule has 0 saturated carbocycles. The maximum Gasteiger partial charge on any atom is 0.0419 e. The maximum absolute atomic E-state index is 5.68. The Kier molecular flexibility index (Phi) is 7.52. The van der Waals surface area contributed by atoms with Crippen molar-refractivity contribution < 1.29 is 0 Å². The van der Waals surface area contributed by atoms with Crippen molar-refractivity contribution in [1.82, 2.24) is 5.43 Å². The van der Waals surface area contributed by atoms with Crippen molar-refractivity contribution in [1.29, 1.82) is 0 Å². The highest BCUT2D eigenvalue weighted by Crippen LogP contribution is 2.22. The van der Waals surface area contributed by atoms with Crippen LogP contribution in [0.3, 0.4) is 0 Å². The molecule has 0 aromatic carbocycles. The zero-order chi connectivity index (χ0) is 11.6. The first-order valence-corrected chi connectivity index (χ1v) is 7.03. The third-order valence-corrected chi connectivity index (χ3v) is 3.57. The molecule has 0 saturated heterocycles. The number of allylic oxidation sites excluding steroid dienone is 1. The lowest BCUT2D eigenvalue weighted by atomic mass is 9.97. The van der Waals surface area contributed by atoms with E-state index in [4.69, 9.17) is 5.84 Å². The smallest absolute Gasteiger partial charge is 0.0419 e. The average Bonchev–Trinajstić information content (AvgIpc) is 2.58. The molecule has 2 heteroatoms. The quantitative estimate of drug-likeness (QED) is 0.300. The van der Waals surface area contributed by atoms with Gasteiger partial charge in [0.25, 0.3) is 0 Å². The summed E-state index contributed by atoms with van der Waals surface area (Å²) in [6, 6.07) is 0.440. The molecule has 2 nitrogen and oxygen atoms in total. The second-order valence-electron chi connectivity index (χ2n) is 4.95. The van der Waals surface area contributed by atoms with Gasteiger partial charge in [-0.25, -0.2) is 0 Å². The van der Waals surface area contributed by atoms with Crippen LogP contribution in [0.15, 0.2) is 11.6 Å². The van der Waals surface area contributed by atoms with Gasteiger partial charge in [0.2, 0.25) is 0 Å². The molecule has 1 rings (SSSR count). The monoisotopic (exact) mass is 224 g/mol. The molecule has 0 aliphatic heterocycles. The topological polar surface area (TPSA) is 38.0 Å². The molecule has 0 amide bonds. The van der Waals surface area contributed by atoms with Crippen LogP contribution < -0.4 is 11.3 Å². The molecule has 1 atom stereocenters. The summed E-state index contributed by atoms with van der Waals surface area (Å²) in [5.41, 5.74) is 4.57. The van der Waals surface area contributed by atoms with Gasteiger partial charge in [0, 0.05) is 6.04 Å². The van der Waals surface area contributed by atoms with Crippen molar-refractivity contribution in [3.63, 3.8) is 0 Å². The second-order valence-corrected chi connectivity index (χ2v) is 4.95. The molecule has 0 radical (unpaired) electrons. The first kappa shape index (κ1) is 13.7. The number of hydrogen-bond donors (Lipinski definition) is 2. The Morgan fingerprint density at radius 2 is 2.12 bits per heavy atom. The van der Waals surface area contributed by atoms with Crippen LogP contribution in [-0.4, -0.2) is 6.04 Å². The van der Waals surface area contributed by atoms with Gasteiger partial charge >= 0.3 is 0 Å². The Labute approximate surface area is 101 Å². The zero-order valence-corrected chi connectivity index (χ0v) is 10.8. The fourth-order valence-electron chi connectivity index (χ4n) is 2.51. The van der Waals surface area contributed by atoms with Gasteiger partial charge in [0.1, 0.15) is 0 Å². The van der Waals surface area contributed by atoms with Gasteiger partial charge in [-0.05, 0) is 32.1 Å². The third-order valence-electron chi connectivity index (χ3n) is 3.57. The van der Waals surface area contributed by atoms with Crippen LogP contribution in [-0.2, 0) is 0 Å². The molecule has 0 aromatic rings. The highest BCUT2D eigenvalue weighted by molar-refractivity contribution is 5.11. The predicted octanol–water partition coefficient (Wildman–Crippen LogP) is 3.68. The standard InChI is InChI=1S/C14H28N2/c1-2-3-4-9-12-14(16-15)13-10-7-5-6-8-11-13/h10,14,16H,2-9,11-12,15H2,1H3. The summed E-state index contributed by atoms with van der Waals surface area (Å²) >= 11 is 0. The zero-order valence-electron chi connectivity index (χ0n) is 10.8. The van der Waals surface area contributed by atoms with E-state index >= 15 is 0 Å². The molecule has 0 heterocycles. The lowest BCUT2D eigenvalue weighted by Gasteiger charge is -2.19. The molecule has 1 unspecified atom stereocenters.